The fourth-order valence-electron chi connectivity index (χ4n) is 8.78. The zero-order chi connectivity index (χ0) is 39.6. The third-order valence-corrected chi connectivity index (χ3v) is 11.4. The molecule has 1 aromatic rings. The first-order valence-electron chi connectivity index (χ1n) is 18.5. The lowest BCUT2D eigenvalue weighted by Crippen LogP contribution is -2.74. The lowest BCUT2D eigenvalue weighted by Gasteiger charge is -2.61. The molecular formula is C38H54N6O10. The van der Waals surface area contributed by atoms with Crippen molar-refractivity contribution in [3.63, 3.8) is 0 Å². The molecule has 16 heteroatoms. The Balaban J connectivity index is 1.22. The average Bonchev–Trinajstić information content (AvgIpc) is 3.46. The number of ketones is 2. The molecule has 1 fully saturated rings. The number of piperidine rings is 1. The predicted molar refractivity (Wildman–Crippen MR) is 197 cm³/mol. The maximum absolute atomic E-state index is 13.7. The fourth-order valence-corrected chi connectivity index (χ4v) is 8.78. The zero-order valence-corrected chi connectivity index (χ0v) is 31.8. The van der Waals surface area contributed by atoms with E-state index in [1.807, 2.05) is 33.0 Å². The number of rotatable bonds is 18. The average molecular weight is 755 g/mol. The topological polar surface area (TPSA) is 236 Å². The Hall–Kier alpha value is -4.70. The quantitative estimate of drug-likeness (QED) is 0.0623. The number of carbonyl (C=O) groups is 5. The molecule has 54 heavy (non-hydrogen) atoms. The smallest absolute Gasteiger partial charge is 0.414 e. The molecule has 2 aliphatic heterocycles. The van der Waals surface area contributed by atoms with Gasteiger partial charge in [-0.1, -0.05) is 19.9 Å². The molecule has 1 saturated heterocycles. The van der Waals surface area contributed by atoms with E-state index in [2.05, 4.69) is 15.2 Å². The maximum Gasteiger partial charge on any atom is 0.414 e. The fraction of sp³-hybridized carbons (Fsp3) is 0.632. The molecule has 1 aromatic carbocycles. The molecule has 2 unspecified atom stereocenters. The highest BCUT2D eigenvalue weighted by atomic mass is 16.6. The van der Waals surface area contributed by atoms with Gasteiger partial charge in [0.15, 0.2) is 29.3 Å². The Morgan fingerprint density at radius 1 is 1.19 bits per heavy atom. The number of likely N-dealkylation sites (tertiary alicyclic amines) is 1. The van der Waals surface area contributed by atoms with E-state index in [-0.39, 0.29) is 56.6 Å². The van der Waals surface area contributed by atoms with Crippen LogP contribution in [0, 0.1) is 5.41 Å². The van der Waals surface area contributed by atoms with Crippen LogP contribution in [0.15, 0.2) is 29.0 Å². The van der Waals surface area contributed by atoms with Crippen molar-refractivity contribution in [2.75, 3.05) is 40.8 Å². The number of nitrogens with zero attached hydrogens (tertiary/aromatic N) is 3. The Labute approximate surface area is 315 Å². The molecular weight excluding hydrogens is 700 g/mol. The van der Waals surface area contributed by atoms with Crippen molar-refractivity contribution in [3.8, 4) is 11.5 Å². The van der Waals surface area contributed by atoms with Gasteiger partial charge in [0.25, 0.3) is 0 Å². The summed E-state index contributed by atoms with van der Waals surface area (Å²) < 4.78 is 18.4. The minimum Gasteiger partial charge on any atom is -0.493 e. The first-order valence-corrected chi connectivity index (χ1v) is 18.5. The van der Waals surface area contributed by atoms with Crippen LogP contribution in [0.5, 0.6) is 11.5 Å². The number of nitrogens with one attached hydrogen (secondary N) is 1. The number of benzene rings is 1. The van der Waals surface area contributed by atoms with Gasteiger partial charge in [0.05, 0.1) is 24.2 Å². The number of amides is 2. The molecule has 4 aliphatic rings. The zero-order valence-electron chi connectivity index (χ0n) is 31.8. The number of carboxylic acid groups (broad SMARTS) is 1. The van der Waals surface area contributed by atoms with Crippen molar-refractivity contribution in [2.24, 2.45) is 21.9 Å². The number of aliphatic carboxylic acids is 1. The molecule has 5 atom stereocenters. The van der Waals surface area contributed by atoms with Crippen molar-refractivity contribution in [1.29, 1.82) is 0 Å². The Bertz CT molecular complexity index is 1720. The van der Waals surface area contributed by atoms with Gasteiger partial charge in [0, 0.05) is 57.4 Å². The summed E-state index contributed by atoms with van der Waals surface area (Å²) in [5.41, 5.74) is 10.4. The normalized spacial score (nSPS) is 24.2. The van der Waals surface area contributed by atoms with Crippen LogP contribution in [0.3, 0.4) is 0 Å². The number of aliphatic hydroxyl groups is 1. The number of hydrogen-bond acceptors (Lipinski definition) is 11. The molecule has 0 saturated carbocycles. The van der Waals surface area contributed by atoms with Crippen molar-refractivity contribution in [2.45, 2.75) is 107 Å². The number of hydrogen-bond donors (Lipinski definition) is 5. The first-order chi connectivity index (χ1) is 25.4. The molecule has 5 rings (SSSR count). The second-order valence-corrected chi connectivity index (χ2v) is 15.8. The third kappa shape index (κ3) is 8.04. The summed E-state index contributed by atoms with van der Waals surface area (Å²) in [7, 11) is 5.23. The van der Waals surface area contributed by atoms with Gasteiger partial charge in [-0.3, -0.25) is 24.2 Å². The highest BCUT2D eigenvalue weighted by molar-refractivity contribution is 5.96. The van der Waals surface area contributed by atoms with Gasteiger partial charge in [-0.2, -0.15) is 0 Å². The van der Waals surface area contributed by atoms with Crippen LogP contribution >= 0.6 is 0 Å². The number of carboxylic acids is 1. The predicted octanol–water partition coefficient (Wildman–Crippen LogP) is 1.78. The van der Waals surface area contributed by atoms with Crippen LogP contribution < -0.4 is 26.3 Å². The first kappa shape index (κ1) is 40.5. The van der Waals surface area contributed by atoms with Crippen LogP contribution in [0.2, 0.25) is 0 Å². The number of ether oxygens (including phenoxy) is 3. The summed E-state index contributed by atoms with van der Waals surface area (Å²) in [6, 6.07) is 2.92. The van der Waals surface area contributed by atoms with Crippen LogP contribution in [0.4, 0.5) is 4.79 Å². The van der Waals surface area contributed by atoms with Gasteiger partial charge in [-0.05, 0) is 68.8 Å². The molecule has 296 valence electrons. The van der Waals surface area contributed by atoms with Crippen LogP contribution in [0.25, 0.3) is 0 Å². The Morgan fingerprint density at radius 2 is 1.93 bits per heavy atom. The third-order valence-electron chi connectivity index (χ3n) is 11.4. The highest BCUT2D eigenvalue weighted by Crippen LogP contribution is 2.65. The number of methoxy groups -OCH3 is 1. The summed E-state index contributed by atoms with van der Waals surface area (Å²) in [6.07, 6.45) is 1.95. The van der Waals surface area contributed by atoms with E-state index in [9.17, 15) is 29.1 Å². The summed E-state index contributed by atoms with van der Waals surface area (Å²) in [4.78, 5) is 70.0. The summed E-state index contributed by atoms with van der Waals surface area (Å²) >= 11 is 0. The molecule has 2 bridgehead atoms. The SMILES string of the molecule is COc1ccc2c3c1OC1C(OC(=O)N(C)CC(C)(C)CCC(=O)C(CCCN=C(N)N)NC(=O)CCC(=O)CC(=O)O)=CC[C@@]4(O)[C@@H](C2)N(C)CC[C@]314. The van der Waals surface area contributed by atoms with Gasteiger partial charge in [0.2, 0.25) is 5.91 Å². The van der Waals surface area contributed by atoms with Crippen LogP contribution in [0.1, 0.15) is 82.8 Å². The Kier molecular flexibility index (Phi) is 12.0. The van der Waals surface area contributed by atoms with E-state index in [1.54, 1.807) is 20.2 Å². The minimum atomic E-state index is -1.27. The van der Waals surface area contributed by atoms with Crippen LogP contribution in [-0.4, -0.2) is 120 Å². The second kappa shape index (κ2) is 16.0. The summed E-state index contributed by atoms with van der Waals surface area (Å²) in [6.45, 7) is 5.08. The van der Waals surface area contributed by atoms with Crippen molar-refractivity contribution in [3.05, 3.63) is 35.1 Å². The molecule has 2 amide bonds. The van der Waals surface area contributed by atoms with Gasteiger partial charge in [-0.15, -0.1) is 0 Å². The number of Topliss-reactive ketones (excluding diaryl/α,β-unsaturated/α-hetero) is 2. The maximum atomic E-state index is 13.7. The van der Waals surface area contributed by atoms with Crippen LogP contribution in [-0.2, 0) is 35.8 Å². The molecule has 1 spiro atoms. The van der Waals surface area contributed by atoms with Gasteiger partial charge in [0.1, 0.15) is 18.0 Å². The number of nitrogens with two attached hydrogens (primary N) is 2. The van der Waals surface area contributed by atoms with Crippen molar-refractivity contribution in [1.82, 2.24) is 15.1 Å². The van der Waals surface area contributed by atoms with Crippen molar-refractivity contribution >= 4 is 35.5 Å². The van der Waals surface area contributed by atoms with E-state index >= 15 is 0 Å². The van der Waals surface area contributed by atoms with E-state index in [0.29, 0.717) is 49.4 Å². The monoisotopic (exact) mass is 754 g/mol. The largest absolute Gasteiger partial charge is 0.493 e. The number of aliphatic imine (C=N–C) groups is 1. The standard InChI is InChI=1S/C38H54N6O10/c1-36(2,14-12-25(46)24(7-6-17-41-34(39)40)42-29(47)11-9-23(45)20-30(48)49)21-44(4)35(50)53-27-13-15-38(51)28-19-22-8-10-26(52-5)32-31(22)37(38,33(27)54-32)16-18-43(28)3/h8,10,13,24,28,33,51H,6-7,9,11-12,14-21H2,1-5H3,(H,42,47)(H,48,49)(H4,39,40,41)/t24?,28-,33?,37+,38-/m1/s1. The van der Waals surface area contributed by atoms with Gasteiger partial charge < -0.3 is 51.0 Å². The lowest BCUT2D eigenvalue weighted by molar-refractivity contribution is -0.163. The van der Waals surface area contributed by atoms with Crippen molar-refractivity contribution < 1.29 is 48.4 Å². The van der Waals surface area contributed by atoms with E-state index in [0.717, 1.165) is 17.7 Å². The molecule has 0 aromatic heterocycles. The minimum absolute atomic E-state index is 0.0846. The van der Waals surface area contributed by atoms with E-state index < -0.39 is 58.8 Å². The number of likely N-dealkylation sites (N-methyl/N-ethyl adjacent to an activating group) is 1. The molecule has 2 heterocycles. The molecule has 7 N–H and O–H groups in total. The lowest BCUT2D eigenvalue weighted by atomic mass is 9.50. The van der Waals surface area contributed by atoms with E-state index in [4.69, 9.17) is 30.8 Å². The van der Waals surface area contributed by atoms with Gasteiger partial charge >= 0.3 is 12.1 Å². The number of carbonyl (C=O) groups excluding carboxylic acids is 4. The summed E-state index contributed by atoms with van der Waals surface area (Å²) in [5, 5.41) is 23.9. The number of guanidine groups is 1. The van der Waals surface area contributed by atoms with Gasteiger partial charge in [-0.25, -0.2) is 4.79 Å². The van der Waals surface area contributed by atoms with E-state index in [1.165, 1.54) is 4.90 Å². The molecule has 0 radical (unpaired) electrons. The second-order valence-electron chi connectivity index (χ2n) is 15.8. The molecule has 16 nitrogen and oxygen atoms in total. The Morgan fingerprint density at radius 3 is 2.61 bits per heavy atom. The highest BCUT2D eigenvalue weighted by Gasteiger charge is 2.72. The summed E-state index contributed by atoms with van der Waals surface area (Å²) in [5.74, 6) is -1.23. The molecule has 2 aliphatic carbocycles.